The van der Waals surface area contributed by atoms with E-state index in [1.807, 2.05) is 0 Å². The zero-order valence-electron chi connectivity index (χ0n) is 14.5. The lowest BCUT2D eigenvalue weighted by molar-refractivity contribution is -0.118. The van der Waals surface area contributed by atoms with Gasteiger partial charge in [-0.05, 0) is 18.2 Å². The number of fused-ring (bicyclic) bond motifs is 1. The number of carbonyl (C=O) groups excluding carboxylic acids is 2. The van der Waals surface area contributed by atoms with Crippen LogP contribution in [0.25, 0.3) is 0 Å². The number of amides is 2. The highest BCUT2D eigenvalue weighted by Gasteiger charge is 2.33. The Balaban J connectivity index is 1.35. The Bertz CT molecular complexity index is 963. The Hall–Kier alpha value is -2.87. The standard InChI is InChI=1S/C19H15ClF2N2O4/c20-13-2-1-11(3-15(13)22)27-8-10-6-24(7-10)19(26)12-4-16-17(5-14(12)21)28-9-18(25)23-16/h1-5,10H,6-9H2,(H,23,25). The minimum absolute atomic E-state index is 0.0152. The summed E-state index contributed by atoms with van der Waals surface area (Å²) in [6, 6.07) is 6.54. The highest BCUT2D eigenvalue weighted by molar-refractivity contribution is 6.30. The summed E-state index contributed by atoms with van der Waals surface area (Å²) in [5.41, 5.74) is 0.134. The van der Waals surface area contributed by atoms with Gasteiger partial charge in [0, 0.05) is 31.1 Å². The molecule has 0 unspecified atom stereocenters. The van der Waals surface area contributed by atoms with Gasteiger partial charge in [-0.25, -0.2) is 8.78 Å². The van der Waals surface area contributed by atoms with Crippen molar-refractivity contribution in [1.29, 1.82) is 0 Å². The molecule has 2 aromatic rings. The topological polar surface area (TPSA) is 67.9 Å². The lowest BCUT2D eigenvalue weighted by atomic mass is 9.99. The zero-order valence-corrected chi connectivity index (χ0v) is 15.3. The third-order valence-corrected chi connectivity index (χ3v) is 4.86. The Kier molecular flexibility index (Phi) is 4.80. The number of carbonyl (C=O) groups is 2. The normalized spacial score (nSPS) is 16.0. The molecule has 2 aliphatic rings. The van der Waals surface area contributed by atoms with Crippen molar-refractivity contribution in [1.82, 2.24) is 4.90 Å². The minimum atomic E-state index is -0.712. The first-order chi connectivity index (χ1) is 13.4. The first-order valence-electron chi connectivity index (χ1n) is 8.54. The number of rotatable bonds is 4. The molecule has 0 atom stereocenters. The number of nitrogens with one attached hydrogen (secondary N) is 1. The molecule has 0 aliphatic carbocycles. The molecule has 0 spiro atoms. The predicted octanol–water partition coefficient (Wildman–Crippen LogP) is 3.10. The summed E-state index contributed by atoms with van der Waals surface area (Å²) in [5, 5.41) is 2.57. The molecule has 9 heteroatoms. The van der Waals surface area contributed by atoms with Crippen LogP contribution >= 0.6 is 11.6 Å². The first kappa shape index (κ1) is 18.5. The first-order valence-corrected chi connectivity index (χ1v) is 8.92. The summed E-state index contributed by atoms with van der Waals surface area (Å²) in [5.74, 6) is -1.53. The maximum Gasteiger partial charge on any atom is 0.262 e. The van der Waals surface area contributed by atoms with Crippen molar-refractivity contribution in [3.8, 4) is 11.5 Å². The molecule has 0 saturated carbocycles. The van der Waals surface area contributed by atoms with Crippen molar-refractivity contribution in [3.05, 3.63) is 52.6 Å². The van der Waals surface area contributed by atoms with E-state index < -0.39 is 17.5 Å². The zero-order chi connectivity index (χ0) is 19.8. The molecule has 6 nitrogen and oxygen atoms in total. The molecular formula is C19H15ClF2N2O4. The number of halogens is 3. The van der Waals surface area contributed by atoms with E-state index in [2.05, 4.69) is 5.32 Å². The second kappa shape index (κ2) is 7.27. The number of nitrogens with zero attached hydrogens (tertiary/aromatic N) is 1. The predicted molar refractivity (Wildman–Crippen MR) is 96.8 cm³/mol. The van der Waals surface area contributed by atoms with Gasteiger partial charge in [0.1, 0.15) is 23.1 Å². The quantitative estimate of drug-likeness (QED) is 0.844. The molecule has 2 aromatic carbocycles. The van der Waals surface area contributed by atoms with Crippen molar-refractivity contribution >= 4 is 29.1 Å². The van der Waals surface area contributed by atoms with Crippen LogP contribution in [0.15, 0.2) is 30.3 Å². The maximum atomic E-state index is 14.3. The summed E-state index contributed by atoms with van der Waals surface area (Å²) in [6.07, 6.45) is 0. The summed E-state index contributed by atoms with van der Waals surface area (Å²) in [4.78, 5) is 25.4. The molecule has 1 fully saturated rings. The van der Waals surface area contributed by atoms with Crippen LogP contribution in [0.1, 0.15) is 10.4 Å². The van der Waals surface area contributed by atoms with Gasteiger partial charge in [0.15, 0.2) is 6.61 Å². The molecule has 2 aliphatic heterocycles. The van der Waals surface area contributed by atoms with Crippen LogP contribution < -0.4 is 14.8 Å². The van der Waals surface area contributed by atoms with E-state index in [-0.39, 0.29) is 40.5 Å². The Morgan fingerprint density at radius 3 is 2.79 bits per heavy atom. The molecule has 0 aromatic heterocycles. The van der Waals surface area contributed by atoms with Crippen LogP contribution in [0.2, 0.25) is 5.02 Å². The number of anilines is 1. The van der Waals surface area contributed by atoms with Gasteiger partial charge in [-0.3, -0.25) is 9.59 Å². The molecule has 1 N–H and O–H groups in total. The van der Waals surface area contributed by atoms with E-state index in [0.29, 0.717) is 25.4 Å². The summed E-state index contributed by atoms with van der Waals surface area (Å²) >= 11 is 5.62. The Morgan fingerprint density at radius 1 is 1.25 bits per heavy atom. The molecule has 2 amide bonds. The van der Waals surface area contributed by atoms with Gasteiger partial charge in [-0.1, -0.05) is 11.6 Å². The smallest absolute Gasteiger partial charge is 0.262 e. The van der Waals surface area contributed by atoms with Gasteiger partial charge in [-0.2, -0.15) is 0 Å². The second-order valence-corrected chi connectivity index (χ2v) is 7.04. The second-order valence-electron chi connectivity index (χ2n) is 6.63. The van der Waals surface area contributed by atoms with Crippen molar-refractivity contribution in [3.63, 3.8) is 0 Å². The van der Waals surface area contributed by atoms with Crippen LogP contribution in [0.5, 0.6) is 11.5 Å². The van der Waals surface area contributed by atoms with Crippen LogP contribution in [-0.4, -0.2) is 43.0 Å². The molecule has 0 radical (unpaired) electrons. The number of hydrogen-bond acceptors (Lipinski definition) is 4. The SMILES string of the molecule is O=C1COc2cc(F)c(C(=O)N3CC(COc4ccc(Cl)c(F)c4)C3)cc2N1. The van der Waals surface area contributed by atoms with E-state index in [1.165, 1.54) is 23.1 Å². The number of hydrogen-bond donors (Lipinski definition) is 1. The van der Waals surface area contributed by atoms with E-state index >= 15 is 0 Å². The van der Waals surface area contributed by atoms with E-state index in [9.17, 15) is 18.4 Å². The number of benzene rings is 2. The fraction of sp³-hybridized carbons (Fsp3) is 0.263. The number of ether oxygens (including phenoxy) is 2. The lowest BCUT2D eigenvalue weighted by Gasteiger charge is -2.39. The summed E-state index contributed by atoms with van der Waals surface area (Å²) in [7, 11) is 0. The highest BCUT2D eigenvalue weighted by Crippen LogP contribution is 2.32. The van der Waals surface area contributed by atoms with Crippen LogP contribution in [-0.2, 0) is 4.79 Å². The fourth-order valence-corrected chi connectivity index (χ4v) is 3.18. The van der Waals surface area contributed by atoms with Crippen LogP contribution in [0.3, 0.4) is 0 Å². The fourth-order valence-electron chi connectivity index (χ4n) is 3.06. The van der Waals surface area contributed by atoms with Gasteiger partial charge >= 0.3 is 0 Å². The third kappa shape index (κ3) is 3.60. The van der Waals surface area contributed by atoms with Crippen molar-refractivity contribution in [2.24, 2.45) is 5.92 Å². The largest absolute Gasteiger partial charge is 0.493 e. The van der Waals surface area contributed by atoms with Gasteiger partial charge < -0.3 is 19.7 Å². The van der Waals surface area contributed by atoms with Crippen molar-refractivity contribution < 1.29 is 27.8 Å². The molecule has 0 bridgehead atoms. The average Bonchev–Trinajstić information content (AvgIpc) is 2.62. The molecule has 28 heavy (non-hydrogen) atoms. The molecular weight excluding hydrogens is 394 g/mol. The number of likely N-dealkylation sites (tertiary alicyclic amines) is 1. The molecule has 146 valence electrons. The van der Waals surface area contributed by atoms with Gasteiger partial charge in [0.05, 0.1) is 22.9 Å². The highest BCUT2D eigenvalue weighted by atomic mass is 35.5. The third-order valence-electron chi connectivity index (χ3n) is 4.55. The summed E-state index contributed by atoms with van der Waals surface area (Å²) in [6.45, 7) is 0.870. The van der Waals surface area contributed by atoms with Crippen molar-refractivity contribution in [2.75, 3.05) is 31.6 Å². The molecule has 1 saturated heterocycles. The Labute approximate surface area is 164 Å². The van der Waals surface area contributed by atoms with E-state index in [4.69, 9.17) is 21.1 Å². The average molecular weight is 409 g/mol. The monoisotopic (exact) mass is 408 g/mol. The van der Waals surface area contributed by atoms with Crippen LogP contribution in [0.4, 0.5) is 14.5 Å². The van der Waals surface area contributed by atoms with Gasteiger partial charge in [-0.15, -0.1) is 0 Å². The summed E-state index contributed by atoms with van der Waals surface area (Å²) < 4.78 is 38.3. The van der Waals surface area contributed by atoms with Crippen molar-refractivity contribution in [2.45, 2.75) is 0 Å². The van der Waals surface area contributed by atoms with E-state index in [1.54, 1.807) is 6.07 Å². The minimum Gasteiger partial charge on any atom is -0.493 e. The molecule has 2 heterocycles. The van der Waals surface area contributed by atoms with Gasteiger partial charge in [0.2, 0.25) is 0 Å². The maximum absolute atomic E-state index is 14.3. The van der Waals surface area contributed by atoms with Crippen LogP contribution in [0, 0.1) is 17.6 Å². The Morgan fingerprint density at radius 2 is 2.04 bits per heavy atom. The van der Waals surface area contributed by atoms with Gasteiger partial charge in [0.25, 0.3) is 11.8 Å². The van der Waals surface area contributed by atoms with E-state index in [0.717, 1.165) is 6.07 Å². The molecule has 4 rings (SSSR count). The lowest BCUT2D eigenvalue weighted by Crippen LogP contribution is -2.52.